The Morgan fingerprint density at radius 1 is 1.39 bits per heavy atom. The molecule has 0 spiro atoms. The largest absolute Gasteiger partial charge is 0.490 e. The number of nitrogens with zero attached hydrogens (tertiary/aromatic N) is 2. The van der Waals surface area contributed by atoms with Crippen LogP contribution >= 0.6 is 0 Å². The van der Waals surface area contributed by atoms with Crippen LogP contribution in [0.4, 0.5) is 15.9 Å². The monoisotopic (exact) mass is 394 g/mol. The molecule has 3 heterocycles. The lowest BCUT2D eigenvalue weighted by Gasteiger charge is -2.24. The van der Waals surface area contributed by atoms with Crippen LogP contribution in [0.5, 0.6) is 17.2 Å². The molecule has 4 rings (SSSR count). The second-order valence-corrected chi connectivity index (χ2v) is 6.32. The number of rotatable bonds is 5. The van der Waals surface area contributed by atoms with Gasteiger partial charge in [0.05, 0.1) is 12.8 Å². The minimum Gasteiger partial charge on any atom is -0.490 e. The van der Waals surface area contributed by atoms with E-state index in [4.69, 9.17) is 25.1 Å². The third-order valence-corrected chi connectivity index (χ3v) is 4.49. The van der Waals surface area contributed by atoms with E-state index < -0.39 is 36.9 Å². The lowest BCUT2D eigenvalue weighted by atomic mass is 10.1. The first-order chi connectivity index (χ1) is 13.5. The van der Waals surface area contributed by atoms with E-state index in [2.05, 4.69) is 10.3 Å². The topological polar surface area (TPSA) is 141 Å². The highest BCUT2D eigenvalue weighted by molar-refractivity contribution is 5.77. The number of hydrogen-bond donors (Lipinski definition) is 4. The minimum absolute atomic E-state index is 0.130. The van der Waals surface area contributed by atoms with E-state index >= 15 is 0 Å². The van der Waals surface area contributed by atoms with Crippen molar-refractivity contribution in [2.75, 3.05) is 25.1 Å². The summed E-state index contributed by atoms with van der Waals surface area (Å²) in [4.78, 5) is 16.3. The zero-order chi connectivity index (χ0) is 19.8. The Bertz CT molecular complexity index is 938. The van der Waals surface area contributed by atoms with Gasteiger partial charge in [0.25, 0.3) is 0 Å². The average Bonchev–Trinajstić information content (AvgIpc) is 2.98. The molecule has 2 aliphatic rings. The Labute approximate surface area is 158 Å². The highest BCUT2D eigenvalue weighted by Gasteiger charge is 2.45. The van der Waals surface area contributed by atoms with Crippen molar-refractivity contribution in [3.63, 3.8) is 0 Å². The van der Waals surface area contributed by atoms with Crippen molar-refractivity contribution >= 4 is 11.5 Å². The van der Waals surface area contributed by atoms with Crippen LogP contribution in [-0.2, 0) is 4.74 Å². The molecule has 28 heavy (non-hydrogen) atoms. The molecule has 2 aromatic rings. The Morgan fingerprint density at radius 3 is 2.93 bits per heavy atom. The molecule has 0 radical (unpaired) electrons. The highest BCUT2D eigenvalue weighted by atomic mass is 19.1. The van der Waals surface area contributed by atoms with Crippen molar-refractivity contribution in [3.05, 3.63) is 34.9 Å². The van der Waals surface area contributed by atoms with E-state index in [0.29, 0.717) is 30.3 Å². The highest BCUT2D eigenvalue weighted by Crippen LogP contribution is 2.45. The van der Waals surface area contributed by atoms with Gasteiger partial charge in [-0.3, -0.25) is 4.57 Å². The molecule has 5 N–H and O–H groups in total. The number of halogens is 1. The van der Waals surface area contributed by atoms with Crippen LogP contribution in [-0.4, -0.2) is 57.9 Å². The number of ether oxygens (including phenoxy) is 3. The van der Waals surface area contributed by atoms with Crippen LogP contribution < -0.4 is 26.2 Å². The van der Waals surface area contributed by atoms with Gasteiger partial charge < -0.3 is 35.5 Å². The van der Waals surface area contributed by atoms with Crippen LogP contribution in [0.3, 0.4) is 0 Å². The van der Waals surface area contributed by atoms with Crippen molar-refractivity contribution in [3.8, 4) is 17.2 Å². The fourth-order valence-corrected chi connectivity index (χ4v) is 3.12. The quantitative estimate of drug-likeness (QED) is 0.471. The molecule has 1 aromatic carbocycles. The summed E-state index contributed by atoms with van der Waals surface area (Å²) in [5, 5.41) is 21.9. The van der Waals surface area contributed by atoms with Gasteiger partial charge >= 0.3 is 5.69 Å². The van der Waals surface area contributed by atoms with Crippen LogP contribution in [0.2, 0.25) is 0 Å². The van der Waals surface area contributed by atoms with E-state index in [1.54, 1.807) is 18.2 Å². The maximum Gasteiger partial charge on any atom is 0.352 e. The van der Waals surface area contributed by atoms with Gasteiger partial charge in [0.2, 0.25) is 0 Å². The van der Waals surface area contributed by atoms with Gasteiger partial charge in [0.15, 0.2) is 29.7 Å². The molecule has 0 amide bonds. The number of anilines is 2. The predicted octanol–water partition coefficient (Wildman–Crippen LogP) is 0.0188. The number of fused-ring (bicyclic) bond motifs is 2. The molecule has 0 saturated carbocycles. The zero-order valence-corrected chi connectivity index (χ0v) is 14.6. The first-order valence-corrected chi connectivity index (χ1v) is 8.66. The standard InChI is InChI=1S/C17H19FN4O6/c18-12-14(24)11(7-23)28-16(12)22-6-10-15(21-17(22)25)20-13-8(26-5-4-19)2-1-3-9(13)27-10/h1-3,6,11-12,14,16,23-24H,4-5,7,19H2,(H,20,21,25)/t11-,12?,14+,16-/m1/s1. The van der Waals surface area contributed by atoms with E-state index in [0.717, 1.165) is 4.57 Å². The molecule has 2 aliphatic heterocycles. The summed E-state index contributed by atoms with van der Waals surface area (Å²) >= 11 is 0. The minimum atomic E-state index is -1.91. The van der Waals surface area contributed by atoms with Gasteiger partial charge in [0, 0.05) is 6.54 Å². The average molecular weight is 394 g/mol. The number of aromatic nitrogens is 2. The maximum atomic E-state index is 14.4. The fraction of sp³-hybridized carbons (Fsp3) is 0.412. The smallest absolute Gasteiger partial charge is 0.352 e. The van der Waals surface area contributed by atoms with E-state index in [-0.39, 0.29) is 11.6 Å². The number of para-hydroxylation sites is 1. The number of nitrogens with one attached hydrogen (secondary N) is 1. The summed E-state index contributed by atoms with van der Waals surface area (Å²) in [5.74, 6) is 1.20. The summed E-state index contributed by atoms with van der Waals surface area (Å²) in [7, 11) is 0. The Balaban J connectivity index is 1.67. The first kappa shape index (κ1) is 18.6. The molecule has 1 aromatic heterocycles. The molecule has 0 aliphatic carbocycles. The molecule has 1 fully saturated rings. The molecule has 150 valence electrons. The number of hydrogen-bond acceptors (Lipinski definition) is 9. The second-order valence-electron chi connectivity index (χ2n) is 6.32. The van der Waals surface area contributed by atoms with Crippen molar-refractivity contribution in [1.82, 2.24) is 9.55 Å². The summed E-state index contributed by atoms with van der Waals surface area (Å²) in [6, 6.07) is 5.12. The summed E-state index contributed by atoms with van der Waals surface area (Å²) in [6.45, 7) is 0.0457. The van der Waals surface area contributed by atoms with Crippen molar-refractivity contribution in [2.24, 2.45) is 5.73 Å². The van der Waals surface area contributed by atoms with Crippen LogP contribution in [0.1, 0.15) is 6.23 Å². The first-order valence-electron chi connectivity index (χ1n) is 8.66. The molecular formula is C17H19FN4O6. The van der Waals surface area contributed by atoms with Gasteiger partial charge in [-0.05, 0) is 12.1 Å². The molecule has 11 heteroatoms. The SMILES string of the molecule is NCCOc1cccc2c1Nc1nc(=O)n([C@@H]3O[C@H](CO)[C@H](O)C3F)cc1O2. The van der Waals surface area contributed by atoms with Crippen LogP contribution in [0, 0.1) is 0 Å². The molecule has 0 bridgehead atoms. The Hall–Kier alpha value is -2.73. The van der Waals surface area contributed by atoms with Crippen LogP contribution in [0.15, 0.2) is 29.2 Å². The molecule has 4 atom stereocenters. The third-order valence-electron chi connectivity index (χ3n) is 4.49. The predicted molar refractivity (Wildman–Crippen MR) is 94.7 cm³/mol. The van der Waals surface area contributed by atoms with Crippen molar-refractivity contribution < 1.29 is 28.8 Å². The molecule has 10 nitrogen and oxygen atoms in total. The number of benzene rings is 1. The normalized spacial score (nSPS) is 25.4. The summed E-state index contributed by atoms with van der Waals surface area (Å²) in [6.07, 6.45) is -4.78. The lowest BCUT2D eigenvalue weighted by Crippen LogP contribution is -2.34. The number of alkyl halides is 1. The number of nitrogens with two attached hydrogens (primary N) is 1. The second kappa shape index (κ2) is 7.36. The van der Waals surface area contributed by atoms with Gasteiger partial charge in [-0.25, -0.2) is 9.18 Å². The van der Waals surface area contributed by atoms with Gasteiger partial charge in [0.1, 0.15) is 30.3 Å². The molecule has 1 saturated heterocycles. The van der Waals surface area contributed by atoms with Gasteiger partial charge in [-0.2, -0.15) is 4.98 Å². The zero-order valence-electron chi connectivity index (χ0n) is 14.6. The Kier molecular flexibility index (Phi) is 4.89. The lowest BCUT2D eigenvalue weighted by molar-refractivity contribution is -0.0492. The van der Waals surface area contributed by atoms with Gasteiger partial charge in [-0.15, -0.1) is 0 Å². The number of aliphatic hydroxyl groups is 2. The van der Waals surface area contributed by atoms with Crippen molar-refractivity contribution in [2.45, 2.75) is 24.6 Å². The molecule has 1 unspecified atom stereocenters. The Morgan fingerprint density at radius 2 is 2.21 bits per heavy atom. The number of aliphatic hydroxyl groups excluding tert-OH is 2. The van der Waals surface area contributed by atoms with Crippen LogP contribution in [0.25, 0.3) is 0 Å². The fourth-order valence-electron chi connectivity index (χ4n) is 3.12. The van der Waals surface area contributed by atoms with E-state index in [1.165, 1.54) is 6.20 Å². The summed E-state index contributed by atoms with van der Waals surface area (Å²) < 4.78 is 31.9. The molecular weight excluding hydrogens is 375 g/mol. The van der Waals surface area contributed by atoms with E-state index in [9.17, 15) is 14.3 Å². The van der Waals surface area contributed by atoms with E-state index in [1.807, 2.05) is 0 Å². The maximum absolute atomic E-state index is 14.4. The third kappa shape index (κ3) is 3.07. The van der Waals surface area contributed by atoms with Gasteiger partial charge in [-0.1, -0.05) is 6.07 Å². The summed E-state index contributed by atoms with van der Waals surface area (Å²) in [5.41, 5.74) is 5.14. The van der Waals surface area contributed by atoms with Crippen molar-refractivity contribution in [1.29, 1.82) is 0 Å².